The molecule has 0 unspecified atom stereocenters. The monoisotopic (exact) mass is 379 g/mol. The number of carbonyl (C=O) groups is 1. The zero-order chi connectivity index (χ0) is 19.2. The lowest BCUT2D eigenvalue weighted by atomic mass is 10.1. The summed E-state index contributed by atoms with van der Waals surface area (Å²) < 4.78 is 5.40. The molecule has 0 bridgehead atoms. The molecule has 5 heteroatoms. The summed E-state index contributed by atoms with van der Waals surface area (Å²) in [4.78, 5) is 17.4. The summed E-state index contributed by atoms with van der Waals surface area (Å²) in [6.45, 7) is 6.62. The van der Waals surface area contributed by atoms with Crippen LogP contribution < -0.4 is 10.2 Å². The van der Waals surface area contributed by atoms with Crippen molar-refractivity contribution in [2.24, 2.45) is 0 Å². The van der Waals surface area contributed by atoms with E-state index < -0.39 is 0 Å². The van der Waals surface area contributed by atoms with E-state index >= 15 is 0 Å². The van der Waals surface area contributed by atoms with E-state index in [4.69, 9.17) is 4.74 Å². The van der Waals surface area contributed by atoms with Gasteiger partial charge in [-0.15, -0.1) is 0 Å². The Bertz CT molecular complexity index is 779. The minimum Gasteiger partial charge on any atom is -0.378 e. The van der Waals surface area contributed by atoms with Gasteiger partial charge in [-0.3, -0.25) is 9.69 Å². The van der Waals surface area contributed by atoms with E-state index in [9.17, 15) is 4.79 Å². The summed E-state index contributed by atoms with van der Waals surface area (Å²) in [6.07, 6.45) is 3.92. The highest BCUT2D eigenvalue weighted by Crippen LogP contribution is 2.19. The fourth-order valence-corrected chi connectivity index (χ4v) is 3.97. The second-order valence-corrected chi connectivity index (χ2v) is 7.64. The summed E-state index contributed by atoms with van der Waals surface area (Å²) >= 11 is 0. The molecule has 1 N–H and O–H groups in total. The first-order valence-electron chi connectivity index (χ1n) is 10.3. The Labute approximate surface area is 167 Å². The molecule has 28 heavy (non-hydrogen) atoms. The molecule has 2 aliphatic heterocycles. The van der Waals surface area contributed by atoms with Crippen molar-refractivity contribution in [1.29, 1.82) is 0 Å². The van der Waals surface area contributed by atoms with E-state index in [1.165, 1.54) is 37.9 Å². The number of likely N-dealkylation sites (tertiary alicyclic amines) is 1. The third-order valence-corrected chi connectivity index (χ3v) is 5.55. The fraction of sp³-hybridized carbons (Fsp3) is 0.435. The van der Waals surface area contributed by atoms with Crippen LogP contribution in [0.4, 0.5) is 11.4 Å². The third kappa shape index (κ3) is 4.91. The van der Waals surface area contributed by atoms with Gasteiger partial charge in [-0.05, 0) is 67.9 Å². The van der Waals surface area contributed by atoms with Gasteiger partial charge in [0.05, 0.1) is 13.2 Å². The molecule has 0 saturated carbocycles. The van der Waals surface area contributed by atoms with Crippen LogP contribution in [0.3, 0.4) is 0 Å². The minimum absolute atomic E-state index is 0.0661. The number of benzene rings is 2. The Morgan fingerprint density at radius 1 is 0.929 bits per heavy atom. The number of anilines is 2. The fourth-order valence-electron chi connectivity index (χ4n) is 3.97. The molecule has 2 aliphatic rings. The molecule has 2 aromatic rings. The van der Waals surface area contributed by atoms with Gasteiger partial charge in [-0.25, -0.2) is 0 Å². The number of nitrogens with one attached hydrogen (secondary N) is 1. The van der Waals surface area contributed by atoms with Crippen molar-refractivity contribution in [3.63, 3.8) is 0 Å². The highest BCUT2D eigenvalue weighted by atomic mass is 16.5. The van der Waals surface area contributed by atoms with Crippen molar-refractivity contribution in [2.45, 2.75) is 25.8 Å². The number of hydrogen-bond acceptors (Lipinski definition) is 4. The number of piperidine rings is 1. The molecule has 2 aromatic carbocycles. The second-order valence-electron chi connectivity index (χ2n) is 7.64. The van der Waals surface area contributed by atoms with Crippen molar-refractivity contribution in [3.05, 3.63) is 59.7 Å². The molecule has 2 saturated heterocycles. The van der Waals surface area contributed by atoms with Crippen LogP contribution in [0.5, 0.6) is 0 Å². The smallest absolute Gasteiger partial charge is 0.255 e. The van der Waals surface area contributed by atoms with Crippen molar-refractivity contribution in [3.8, 4) is 0 Å². The van der Waals surface area contributed by atoms with Gasteiger partial charge in [-0.2, -0.15) is 0 Å². The van der Waals surface area contributed by atoms with E-state index in [1.807, 2.05) is 36.4 Å². The van der Waals surface area contributed by atoms with E-state index in [1.54, 1.807) is 0 Å². The van der Waals surface area contributed by atoms with Crippen molar-refractivity contribution in [1.82, 2.24) is 4.90 Å². The molecule has 0 aromatic heterocycles. The minimum atomic E-state index is -0.0661. The predicted molar refractivity (Wildman–Crippen MR) is 113 cm³/mol. The van der Waals surface area contributed by atoms with E-state index in [2.05, 4.69) is 27.2 Å². The van der Waals surface area contributed by atoms with Gasteiger partial charge >= 0.3 is 0 Å². The van der Waals surface area contributed by atoms with Crippen LogP contribution in [-0.4, -0.2) is 50.2 Å². The van der Waals surface area contributed by atoms with Crippen LogP contribution in [0.15, 0.2) is 48.5 Å². The largest absolute Gasteiger partial charge is 0.378 e. The normalized spacial score (nSPS) is 18.1. The van der Waals surface area contributed by atoms with Gasteiger partial charge in [0, 0.05) is 36.6 Å². The van der Waals surface area contributed by atoms with Gasteiger partial charge in [0.2, 0.25) is 0 Å². The van der Waals surface area contributed by atoms with E-state index in [0.29, 0.717) is 5.56 Å². The van der Waals surface area contributed by atoms with Gasteiger partial charge in [0.15, 0.2) is 0 Å². The number of rotatable bonds is 5. The third-order valence-electron chi connectivity index (χ3n) is 5.55. The van der Waals surface area contributed by atoms with Crippen LogP contribution in [0, 0.1) is 0 Å². The summed E-state index contributed by atoms with van der Waals surface area (Å²) in [5, 5.41) is 3.04. The molecule has 0 spiro atoms. The zero-order valence-electron chi connectivity index (χ0n) is 16.4. The highest BCUT2D eigenvalue weighted by molar-refractivity contribution is 6.04. The molecule has 0 atom stereocenters. The Balaban J connectivity index is 1.37. The lowest BCUT2D eigenvalue weighted by molar-refractivity contribution is 0.102. The maximum atomic E-state index is 12.6. The summed E-state index contributed by atoms with van der Waals surface area (Å²) in [5.41, 5.74) is 3.93. The maximum absolute atomic E-state index is 12.6. The molecule has 4 rings (SSSR count). The number of amides is 1. The van der Waals surface area contributed by atoms with Crippen LogP contribution in [-0.2, 0) is 11.3 Å². The van der Waals surface area contributed by atoms with E-state index in [-0.39, 0.29) is 5.91 Å². The van der Waals surface area contributed by atoms with Crippen LogP contribution in [0.25, 0.3) is 0 Å². The Morgan fingerprint density at radius 2 is 1.68 bits per heavy atom. The predicted octanol–water partition coefficient (Wildman–Crippen LogP) is 3.76. The van der Waals surface area contributed by atoms with Gasteiger partial charge in [-0.1, -0.05) is 18.6 Å². The summed E-state index contributed by atoms with van der Waals surface area (Å²) in [7, 11) is 0. The number of carbonyl (C=O) groups excluding carboxylic acids is 1. The first-order chi connectivity index (χ1) is 13.8. The van der Waals surface area contributed by atoms with Gasteiger partial charge in [0.25, 0.3) is 5.91 Å². The van der Waals surface area contributed by atoms with Crippen molar-refractivity contribution in [2.75, 3.05) is 49.6 Å². The molecule has 1 amide bonds. The van der Waals surface area contributed by atoms with Crippen LogP contribution >= 0.6 is 0 Å². The SMILES string of the molecule is O=C(Nc1cccc(CN2CCCCC2)c1)c1ccc(N2CCOCC2)cc1. The molecular formula is C23H29N3O2. The second kappa shape index (κ2) is 9.22. The lowest BCUT2D eigenvalue weighted by Crippen LogP contribution is -2.36. The Kier molecular flexibility index (Phi) is 6.24. The molecule has 5 nitrogen and oxygen atoms in total. The van der Waals surface area contributed by atoms with E-state index in [0.717, 1.165) is 44.2 Å². The number of hydrogen-bond donors (Lipinski definition) is 1. The number of morpholine rings is 1. The number of nitrogens with zero attached hydrogens (tertiary/aromatic N) is 2. The molecule has 0 radical (unpaired) electrons. The zero-order valence-corrected chi connectivity index (χ0v) is 16.4. The maximum Gasteiger partial charge on any atom is 0.255 e. The molecule has 0 aliphatic carbocycles. The topological polar surface area (TPSA) is 44.8 Å². The highest BCUT2D eigenvalue weighted by Gasteiger charge is 2.13. The summed E-state index contributed by atoms with van der Waals surface area (Å²) in [6, 6.07) is 16.1. The standard InChI is InChI=1S/C23H29N3O2/c27-23(20-7-9-22(10-8-20)26-13-15-28-16-14-26)24-21-6-4-5-19(17-21)18-25-11-2-1-3-12-25/h4-10,17H,1-3,11-16,18H2,(H,24,27). The quantitative estimate of drug-likeness (QED) is 0.859. The molecule has 2 fully saturated rings. The first-order valence-corrected chi connectivity index (χ1v) is 10.3. The first kappa shape index (κ1) is 19.0. The van der Waals surface area contributed by atoms with Crippen molar-refractivity contribution < 1.29 is 9.53 Å². The Morgan fingerprint density at radius 3 is 2.43 bits per heavy atom. The van der Waals surface area contributed by atoms with Crippen molar-refractivity contribution >= 4 is 17.3 Å². The average Bonchev–Trinajstić information content (AvgIpc) is 2.75. The van der Waals surface area contributed by atoms with Gasteiger partial charge < -0.3 is 15.0 Å². The molecular weight excluding hydrogens is 350 g/mol. The molecule has 148 valence electrons. The van der Waals surface area contributed by atoms with Crippen LogP contribution in [0.1, 0.15) is 35.2 Å². The molecule has 2 heterocycles. The van der Waals surface area contributed by atoms with Crippen LogP contribution in [0.2, 0.25) is 0 Å². The summed E-state index contributed by atoms with van der Waals surface area (Å²) in [5.74, 6) is -0.0661. The number of ether oxygens (including phenoxy) is 1. The van der Waals surface area contributed by atoms with Gasteiger partial charge in [0.1, 0.15) is 0 Å². The lowest BCUT2D eigenvalue weighted by Gasteiger charge is -2.28. The average molecular weight is 380 g/mol. The Hall–Kier alpha value is -2.37.